The number of aliphatic hydroxyl groups excluding tert-OH is 1. The van der Waals surface area contributed by atoms with Crippen LogP contribution in [0.5, 0.6) is 11.5 Å². The average Bonchev–Trinajstić information content (AvgIpc) is 3.01. The van der Waals surface area contributed by atoms with E-state index in [1.165, 1.54) is 24.3 Å². The van der Waals surface area contributed by atoms with Crippen molar-refractivity contribution < 1.29 is 45.3 Å². The Morgan fingerprint density at radius 3 is 1.62 bits per heavy atom. The number of ketones is 1. The van der Waals surface area contributed by atoms with E-state index < -0.39 is 66.8 Å². The van der Waals surface area contributed by atoms with Crippen LogP contribution in [0.15, 0.2) is 60.9 Å². The van der Waals surface area contributed by atoms with Crippen LogP contribution < -0.4 is 30.4 Å². The van der Waals surface area contributed by atoms with Crippen LogP contribution in [0.2, 0.25) is 0 Å². The fourth-order valence-electron chi connectivity index (χ4n) is 5.34. The monoisotopic (exact) mass is 658 g/mol. The van der Waals surface area contributed by atoms with Crippen molar-refractivity contribution >= 4 is 59.8 Å². The Kier molecular flexibility index (Phi) is 11.3. The second-order valence-electron chi connectivity index (χ2n) is 10.2. The minimum absolute atomic E-state index is 0.0152. The molecule has 0 fully saturated rings. The molecule has 4 rings (SSSR count). The molecule has 0 atom stereocenters. The number of aliphatic hydroxyl groups is 1. The van der Waals surface area contributed by atoms with E-state index in [4.69, 9.17) is 8.83 Å². The van der Waals surface area contributed by atoms with E-state index in [1.54, 1.807) is 12.1 Å². The number of carbonyl (C=O) groups excluding carboxylic acids is 1. The summed E-state index contributed by atoms with van der Waals surface area (Å²) in [6.45, 7) is 10.1. The lowest BCUT2D eigenvalue weighted by atomic mass is 10.0. The van der Waals surface area contributed by atoms with Crippen LogP contribution in [0.4, 0.5) is 28.6 Å². The van der Waals surface area contributed by atoms with Gasteiger partial charge in [-0.05, 0) is 64.5 Å². The van der Waals surface area contributed by atoms with Gasteiger partial charge in [-0.15, -0.1) is 0 Å². The van der Waals surface area contributed by atoms with Gasteiger partial charge in [-0.1, -0.05) is 0 Å². The van der Waals surface area contributed by atoms with E-state index in [2.05, 4.69) is 9.31 Å². The molecule has 4 aromatic rings. The summed E-state index contributed by atoms with van der Waals surface area (Å²) >= 11 is 0. The highest BCUT2D eigenvalue weighted by Crippen LogP contribution is 2.35. The third-order valence-electron chi connectivity index (χ3n) is 7.60. The summed E-state index contributed by atoms with van der Waals surface area (Å²) in [7, 11) is -6.74. The van der Waals surface area contributed by atoms with Crippen LogP contribution in [0.3, 0.4) is 0 Å². The van der Waals surface area contributed by atoms with Gasteiger partial charge in [0.1, 0.15) is 39.6 Å². The van der Waals surface area contributed by atoms with E-state index in [1.807, 2.05) is 37.5 Å². The molecule has 2 aromatic carbocycles. The van der Waals surface area contributed by atoms with Gasteiger partial charge in [-0.2, -0.15) is 0 Å². The van der Waals surface area contributed by atoms with Crippen molar-refractivity contribution in [2.75, 3.05) is 36.0 Å². The summed E-state index contributed by atoms with van der Waals surface area (Å²) in [5, 5.41) is 10.7. The molecule has 0 bridgehead atoms. The van der Waals surface area contributed by atoms with Crippen LogP contribution in [-0.4, -0.2) is 52.0 Å². The molecule has 10 nitrogen and oxygen atoms in total. The molecule has 0 aliphatic carbocycles. The molecule has 1 N–H and O–H groups in total. The second kappa shape index (κ2) is 15.1. The minimum atomic E-state index is -3.37. The molecule has 0 radical (unpaired) electrons. The first kappa shape index (κ1) is 35.0. The number of halogens is 4. The number of carbonyl (C=O) groups is 1. The Bertz CT molecular complexity index is 1910. The molecular formula is C31H32B2F4N2O8. The van der Waals surface area contributed by atoms with Crippen molar-refractivity contribution in [3.8, 4) is 11.5 Å². The molecule has 2 heterocycles. The molecule has 0 saturated heterocycles. The van der Waals surface area contributed by atoms with E-state index >= 15 is 0 Å². The van der Waals surface area contributed by atoms with E-state index in [0.717, 1.165) is 6.08 Å². The first-order valence-corrected chi connectivity index (χ1v) is 15.0. The third kappa shape index (κ3) is 7.58. The van der Waals surface area contributed by atoms with Crippen molar-refractivity contribution in [1.82, 2.24) is 0 Å². The maximum atomic E-state index is 13.4. The largest absolute Gasteiger partial charge is 0.796 e. The molecule has 0 saturated carbocycles. The van der Waals surface area contributed by atoms with Crippen molar-refractivity contribution in [2.24, 2.45) is 0 Å². The van der Waals surface area contributed by atoms with Crippen molar-refractivity contribution in [1.29, 1.82) is 0 Å². The molecule has 0 spiro atoms. The lowest BCUT2D eigenvalue weighted by Crippen LogP contribution is -2.22. The van der Waals surface area contributed by atoms with Crippen LogP contribution in [0, 0.1) is 0 Å². The number of hydrogen-bond acceptors (Lipinski definition) is 10. The predicted molar refractivity (Wildman–Crippen MR) is 173 cm³/mol. The van der Waals surface area contributed by atoms with Gasteiger partial charge in [0.15, 0.2) is 5.78 Å². The fraction of sp³-hybridized carbons (Fsp3) is 0.323. The van der Waals surface area contributed by atoms with Gasteiger partial charge >= 0.3 is 26.2 Å². The number of allylic oxidation sites excluding steroid dienone is 1. The van der Waals surface area contributed by atoms with Crippen LogP contribution in [-0.2, 0) is 0 Å². The topological polar surface area (TPSA) is 123 Å². The van der Waals surface area contributed by atoms with Gasteiger partial charge in [0, 0.05) is 56.1 Å². The SMILES string of the molecule is CCN(CC)c1ccc2c(OB(F)F)c(C(=O)CC/C=C(\O)c3c(OB(F)F)c4ccc(N(CC)CC)cc4oc3=O)c(=O)oc2c1. The zero-order valence-corrected chi connectivity index (χ0v) is 26.2. The average molecular weight is 658 g/mol. The summed E-state index contributed by atoms with van der Waals surface area (Å²) in [5.74, 6) is -3.10. The zero-order chi connectivity index (χ0) is 34.4. The lowest BCUT2D eigenvalue weighted by molar-refractivity contribution is 0.0978. The first-order valence-electron chi connectivity index (χ1n) is 15.0. The maximum Gasteiger partial charge on any atom is 0.796 e. The Hall–Kier alpha value is -4.88. The van der Waals surface area contributed by atoms with E-state index in [9.17, 15) is 36.8 Å². The number of Topliss-reactive ketones (excluding diaryl/α,β-unsaturated/α-hetero) is 1. The smallest absolute Gasteiger partial charge is 0.507 e. The molecule has 0 amide bonds. The normalized spacial score (nSPS) is 11.5. The van der Waals surface area contributed by atoms with Crippen molar-refractivity contribution in [3.63, 3.8) is 0 Å². The molecule has 2 aromatic heterocycles. The predicted octanol–water partition coefficient (Wildman–Crippen LogP) is 6.76. The zero-order valence-electron chi connectivity index (χ0n) is 26.2. The van der Waals surface area contributed by atoms with Crippen LogP contribution in [0.25, 0.3) is 27.7 Å². The first-order chi connectivity index (χ1) is 22.4. The van der Waals surface area contributed by atoms with Gasteiger partial charge in [0.05, 0.1) is 10.8 Å². The molecular weight excluding hydrogens is 626 g/mol. The van der Waals surface area contributed by atoms with Gasteiger partial charge in [-0.25, -0.2) is 26.9 Å². The van der Waals surface area contributed by atoms with Gasteiger partial charge < -0.3 is 33.0 Å². The number of hydrogen-bond donors (Lipinski definition) is 1. The molecule has 16 heteroatoms. The number of benzene rings is 2. The maximum absolute atomic E-state index is 13.4. The Morgan fingerprint density at radius 1 is 0.766 bits per heavy atom. The molecule has 0 aliphatic rings. The van der Waals surface area contributed by atoms with Gasteiger partial charge in [0.2, 0.25) is 0 Å². The highest BCUT2D eigenvalue weighted by Gasteiger charge is 2.29. The van der Waals surface area contributed by atoms with Crippen LogP contribution in [0.1, 0.15) is 56.5 Å². The van der Waals surface area contributed by atoms with E-state index in [0.29, 0.717) is 37.6 Å². The van der Waals surface area contributed by atoms with Crippen LogP contribution >= 0.6 is 0 Å². The Morgan fingerprint density at radius 2 is 1.19 bits per heavy atom. The van der Waals surface area contributed by atoms with Crippen molar-refractivity contribution in [2.45, 2.75) is 40.5 Å². The quantitative estimate of drug-likeness (QED) is 0.0482. The Balaban J connectivity index is 1.69. The molecule has 0 aliphatic heterocycles. The number of fused-ring (bicyclic) bond motifs is 2. The molecule has 248 valence electrons. The summed E-state index contributed by atoms with van der Waals surface area (Å²) < 4.78 is 73.7. The summed E-state index contributed by atoms with van der Waals surface area (Å²) in [5.41, 5.74) is -2.67. The summed E-state index contributed by atoms with van der Waals surface area (Å²) in [4.78, 5) is 42.9. The van der Waals surface area contributed by atoms with Gasteiger partial charge in [0.25, 0.3) is 0 Å². The Labute approximate surface area is 267 Å². The molecule has 47 heavy (non-hydrogen) atoms. The van der Waals surface area contributed by atoms with Crippen molar-refractivity contribution in [3.05, 3.63) is 74.4 Å². The second-order valence-corrected chi connectivity index (χ2v) is 10.2. The number of rotatable bonds is 15. The van der Waals surface area contributed by atoms with Gasteiger partial charge in [-0.3, -0.25) is 4.79 Å². The molecule has 0 unspecified atom stereocenters. The van der Waals surface area contributed by atoms with E-state index in [-0.39, 0.29) is 28.4 Å². The highest BCUT2D eigenvalue weighted by atomic mass is 19.2. The standard InChI is InChI=1S/C31H32B2F4N2O8/c1-5-38(6-2)18-12-14-20-24(16-18)44-30(42)26(28(20)46-32(34)35)22(40)10-9-11-23(41)27-29(47-33(36)37)21-15-13-19(39(7-3)8-4)17-25(21)45-31(27)43/h10,12-17,40H,5-9,11H2,1-4H3/b22-10-. The summed E-state index contributed by atoms with van der Waals surface area (Å²) in [6, 6.07) is 9.02. The highest BCUT2D eigenvalue weighted by molar-refractivity contribution is 6.36. The lowest BCUT2D eigenvalue weighted by Gasteiger charge is -2.21. The fourth-order valence-corrected chi connectivity index (χ4v) is 5.34. The minimum Gasteiger partial charge on any atom is -0.507 e. The number of nitrogens with zero attached hydrogens (tertiary/aromatic N) is 2. The number of anilines is 2. The summed E-state index contributed by atoms with van der Waals surface area (Å²) in [6.07, 6.45) is 0.0591. The third-order valence-corrected chi connectivity index (χ3v) is 7.60.